The number of rotatable bonds is 6. The molecule has 0 amide bonds. The summed E-state index contributed by atoms with van der Waals surface area (Å²) in [6.07, 6.45) is 3.59. The zero-order valence-electron chi connectivity index (χ0n) is 8.13. The van der Waals surface area contributed by atoms with E-state index in [2.05, 4.69) is 13.8 Å². The highest BCUT2D eigenvalue weighted by Gasteiger charge is 2.04. The third-order valence-electron chi connectivity index (χ3n) is 1.74. The van der Waals surface area contributed by atoms with Crippen LogP contribution in [0.4, 0.5) is 0 Å². The van der Waals surface area contributed by atoms with Crippen LogP contribution in [0.25, 0.3) is 0 Å². The van der Waals surface area contributed by atoms with Crippen molar-refractivity contribution >= 4 is 17.7 Å². The molecule has 0 aliphatic heterocycles. The molecule has 0 aromatic carbocycles. The lowest BCUT2D eigenvalue weighted by Gasteiger charge is -2.08. The summed E-state index contributed by atoms with van der Waals surface area (Å²) < 4.78 is 5.04. The predicted molar refractivity (Wildman–Crippen MR) is 53.4 cm³/mol. The van der Waals surface area contributed by atoms with Crippen molar-refractivity contribution in [3.05, 3.63) is 0 Å². The van der Waals surface area contributed by atoms with Gasteiger partial charge in [0.25, 0.3) is 0 Å². The van der Waals surface area contributed by atoms with E-state index in [1.54, 1.807) is 11.8 Å². The van der Waals surface area contributed by atoms with Gasteiger partial charge < -0.3 is 4.74 Å². The number of hydrogen-bond donors (Lipinski definition) is 0. The molecule has 3 heteroatoms. The summed E-state index contributed by atoms with van der Waals surface area (Å²) in [7, 11) is 0. The minimum absolute atomic E-state index is 0.0651. The van der Waals surface area contributed by atoms with Gasteiger partial charge in [0.05, 0.1) is 13.0 Å². The van der Waals surface area contributed by atoms with E-state index in [-0.39, 0.29) is 5.97 Å². The third kappa shape index (κ3) is 6.53. The number of hydrogen-bond acceptors (Lipinski definition) is 3. The summed E-state index contributed by atoms with van der Waals surface area (Å²) in [5.74, 6) is 1.28. The highest BCUT2D eigenvalue weighted by atomic mass is 32.2. The van der Waals surface area contributed by atoms with Gasteiger partial charge in [-0.25, -0.2) is 0 Å². The molecule has 0 aliphatic rings. The average Bonchev–Trinajstić information content (AvgIpc) is 2.10. The normalized spacial score (nSPS) is 12.6. The molecule has 2 nitrogen and oxygen atoms in total. The molecule has 0 aliphatic carbocycles. The van der Waals surface area contributed by atoms with Crippen LogP contribution in [-0.4, -0.2) is 24.6 Å². The maximum atomic E-state index is 11.0. The van der Waals surface area contributed by atoms with E-state index in [1.807, 2.05) is 6.26 Å². The fraction of sp³-hybridized carbons (Fsp3) is 0.889. The van der Waals surface area contributed by atoms with Gasteiger partial charge >= 0.3 is 5.97 Å². The average molecular weight is 190 g/mol. The van der Waals surface area contributed by atoms with Crippen LogP contribution in [0, 0.1) is 5.92 Å². The SMILES string of the molecule is CCC(C)COC(=O)CCSC. The molecule has 0 N–H and O–H groups in total. The van der Waals surface area contributed by atoms with Gasteiger partial charge in [0, 0.05) is 5.75 Å². The van der Waals surface area contributed by atoms with Gasteiger partial charge in [-0.1, -0.05) is 20.3 Å². The Morgan fingerprint density at radius 2 is 2.25 bits per heavy atom. The van der Waals surface area contributed by atoms with Crippen LogP contribution in [0.2, 0.25) is 0 Å². The molecule has 0 spiro atoms. The zero-order valence-corrected chi connectivity index (χ0v) is 8.95. The predicted octanol–water partition coefficient (Wildman–Crippen LogP) is 2.33. The Bertz CT molecular complexity index is 126. The Balaban J connectivity index is 3.31. The summed E-state index contributed by atoms with van der Waals surface area (Å²) in [6, 6.07) is 0. The lowest BCUT2D eigenvalue weighted by molar-refractivity contribution is -0.144. The molecule has 0 saturated heterocycles. The first kappa shape index (κ1) is 11.8. The minimum Gasteiger partial charge on any atom is -0.465 e. The molecule has 0 fully saturated rings. The monoisotopic (exact) mass is 190 g/mol. The molecule has 0 aromatic rings. The Kier molecular flexibility index (Phi) is 7.36. The fourth-order valence-electron chi connectivity index (χ4n) is 0.611. The van der Waals surface area contributed by atoms with Crippen molar-refractivity contribution in [3.8, 4) is 0 Å². The van der Waals surface area contributed by atoms with Crippen LogP contribution in [-0.2, 0) is 9.53 Å². The van der Waals surface area contributed by atoms with Crippen molar-refractivity contribution in [2.45, 2.75) is 26.7 Å². The lowest BCUT2D eigenvalue weighted by Crippen LogP contribution is -2.11. The minimum atomic E-state index is -0.0651. The van der Waals surface area contributed by atoms with Crippen LogP contribution in [0.3, 0.4) is 0 Å². The Labute approximate surface area is 79.1 Å². The number of carbonyl (C=O) groups is 1. The summed E-state index contributed by atoms with van der Waals surface area (Å²) in [4.78, 5) is 11.0. The summed E-state index contributed by atoms with van der Waals surface area (Å²) in [5, 5.41) is 0. The van der Waals surface area contributed by atoms with Crippen LogP contribution < -0.4 is 0 Å². The highest BCUT2D eigenvalue weighted by Crippen LogP contribution is 2.03. The van der Waals surface area contributed by atoms with E-state index >= 15 is 0 Å². The molecule has 1 unspecified atom stereocenters. The van der Waals surface area contributed by atoms with Crippen molar-refractivity contribution in [1.29, 1.82) is 0 Å². The Hall–Kier alpha value is -0.180. The second-order valence-corrected chi connectivity index (χ2v) is 3.92. The van der Waals surface area contributed by atoms with Gasteiger partial charge in [0.2, 0.25) is 0 Å². The maximum absolute atomic E-state index is 11.0. The standard InChI is InChI=1S/C9H18O2S/c1-4-8(2)7-11-9(10)5-6-12-3/h8H,4-7H2,1-3H3. The van der Waals surface area contributed by atoms with Crippen molar-refractivity contribution in [1.82, 2.24) is 0 Å². The molecule has 12 heavy (non-hydrogen) atoms. The van der Waals surface area contributed by atoms with Gasteiger partial charge in [-0.15, -0.1) is 0 Å². The van der Waals surface area contributed by atoms with E-state index in [1.165, 1.54) is 0 Å². The molecule has 72 valence electrons. The van der Waals surface area contributed by atoms with Crippen molar-refractivity contribution in [2.24, 2.45) is 5.92 Å². The van der Waals surface area contributed by atoms with Crippen LogP contribution in [0.1, 0.15) is 26.7 Å². The van der Waals surface area contributed by atoms with Crippen LogP contribution in [0.15, 0.2) is 0 Å². The van der Waals surface area contributed by atoms with Crippen LogP contribution in [0.5, 0.6) is 0 Å². The van der Waals surface area contributed by atoms with Gasteiger partial charge in [-0.2, -0.15) is 11.8 Å². The molecule has 0 aromatic heterocycles. The Morgan fingerprint density at radius 3 is 2.75 bits per heavy atom. The van der Waals surface area contributed by atoms with E-state index < -0.39 is 0 Å². The smallest absolute Gasteiger partial charge is 0.306 e. The zero-order chi connectivity index (χ0) is 9.40. The first-order valence-corrected chi connectivity index (χ1v) is 5.74. The molecule has 1 atom stereocenters. The number of ether oxygens (including phenoxy) is 1. The largest absolute Gasteiger partial charge is 0.465 e. The maximum Gasteiger partial charge on any atom is 0.306 e. The van der Waals surface area contributed by atoms with Gasteiger partial charge in [0.15, 0.2) is 0 Å². The molecule has 0 radical (unpaired) electrons. The van der Waals surface area contributed by atoms with E-state index in [4.69, 9.17) is 4.74 Å². The summed E-state index contributed by atoms with van der Waals surface area (Å²) in [5.41, 5.74) is 0. The molecule has 0 rings (SSSR count). The topological polar surface area (TPSA) is 26.3 Å². The van der Waals surface area contributed by atoms with E-state index in [9.17, 15) is 4.79 Å². The quantitative estimate of drug-likeness (QED) is 0.601. The second kappa shape index (κ2) is 7.47. The van der Waals surface area contributed by atoms with E-state index in [0.29, 0.717) is 18.9 Å². The number of esters is 1. The summed E-state index contributed by atoms with van der Waals surface area (Å²) in [6.45, 7) is 4.76. The van der Waals surface area contributed by atoms with Crippen molar-refractivity contribution < 1.29 is 9.53 Å². The van der Waals surface area contributed by atoms with Crippen LogP contribution >= 0.6 is 11.8 Å². The third-order valence-corrected chi connectivity index (χ3v) is 2.35. The number of thioether (sulfide) groups is 1. The van der Waals surface area contributed by atoms with Gasteiger partial charge in [0.1, 0.15) is 0 Å². The fourth-order valence-corrected chi connectivity index (χ4v) is 0.981. The molecule has 0 heterocycles. The molecule has 0 saturated carbocycles. The first-order valence-electron chi connectivity index (χ1n) is 4.35. The highest BCUT2D eigenvalue weighted by molar-refractivity contribution is 7.98. The second-order valence-electron chi connectivity index (χ2n) is 2.94. The number of carbonyl (C=O) groups excluding carboxylic acids is 1. The lowest BCUT2D eigenvalue weighted by atomic mass is 10.1. The summed E-state index contributed by atoms with van der Waals surface area (Å²) >= 11 is 1.67. The Morgan fingerprint density at radius 1 is 1.58 bits per heavy atom. The van der Waals surface area contributed by atoms with Crippen molar-refractivity contribution in [2.75, 3.05) is 18.6 Å². The van der Waals surface area contributed by atoms with E-state index in [0.717, 1.165) is 12.2 Å². The molecular weight excluding hydrogens is 172 g/mol. The molecular formula is C9H18O2S. The molecule has 0 bridgehead atoms. The van der Waals surface area contributed by atoms with Crippen molar-refractivity contribution in [3.63, 3.8) is 0 Å². The van der Waals surface area contributed by atoms with Gasteiger partial charge in [-0.3, -0.25) is 4.79 Å². The van der Waals surface area contributed by atoms with Gasteiger partial charge in [-0.05, 0) is 12.2 Å². The first-order chi connectivity index (χ1) is 5.70.